The zero-order valence-electron chi connectivity index (χ0n) is 23.0. The van der Waals surface area contributed by atoms with E-state index in [1.807, 2.05) is 18.2 Å². The van der Waals surface area contributed by atoms with Gasteiger partial charge in [-0.1, -0.05) is 68.0 Å². The zero-order chi connectivity index (χ0) is 27.2. The molecule has 1 aromatic carbocycles. The molecule has 6 heteroatoms. The molecule has 0 saturated carbocycles. The van der Waals surface area contributed by atoms with Crippen LogP contribution in [0.3, 0.4) is 0 Å². The Morgan fingerprint density at radius 3 is 2.64 bits per heavy atom. The third-order valence-electron chi connectivity index (χ3n) is 8.33. The summed E-state index contributed by atoms with van der Waals surface area (Å²) in [6.07, 6.45) is 18.7. The maximum Gasteiger partial charge on any atom is 0.303 e. The van der Waals surface area contributed by atoms with E-state index >= 15 is 0 Å². The molecule has 1 amide bonds. The summed E-state index contributed by atoms with van der Waals surface area (Å²) < 4.78 is 0. The Kier molecular flexibility index (Phi) is 8.70. The normalized spacial score (nSPS) is 24.9. The average molecular weight is 528 g/mol. The monoisotopic (exact) mass is 527 g/mol. The fourth-order valence-electron chi connectivity index (χ4n) is 6.06. The molecule has 1 saturated heterocycles. The number of rotatable bonds is 8. The molecule has 206 valence electrons. The topological polar surface area (TPSA) is 81.7 Å². The molecule has 2 aliphatic heterocycles. The summed E-state index contributed by atoms with van der Waals surface area (Å²) in [5.41, 5.74) is 6.52. The van der Waals surface area contributed by atoms with Gasteiger partial charge in [0.15, 0.2) is 0 Å². The second kappa shape index (κ2) is 12.5. The number of carboxylic acids is 1. The van der Waals surface area contributed by atoms with Crippen LogP contribution in [-0.2, 0) is 9.59 Å². The highest BCUT2D eigenvalue weighted by atomic mass is 16.4. The minimum atomic E-state index is -0.760. The summed E-state index contributed by atoms with van der Waals surface area (Å²) in [6, 6.07) is 10.2. The highest BCUT2D eigenvalue weighted by molar-refractivity contribution is 5.82. The molecule has 39 heavy (non-hydrogen) atoms. The summed E-state index contributed by atoms with van der Waals surface area (Å²) >= 11 is 0. The maximum absolute atomic E-state index is 13.8. The molecule has 0 spiro atoms. The summed E-state index contributed by atoms with van der Waals surface area (Å²) in [4.78, 5) is 26.9. The predicted molar refractivity (Wildman–Crippen MR) is 155 cm³/mol. The van der Waals surface area contributed by atoms with Crippen LogP contribution in [0.15, 0.2) is 83.4 Å². The first kappa shape index (κ1) is 27.0. The van der Waals surface area contributed by atoms with E-state index in [0.717, 1.165) is 80.0 Å². The maximum atomic E-state index is 13.8. The van der Waals surface area contributed by atoms with Crippen LogP contribution in [0.4, 0.5) is 0 Å². The fourth-order valence-corrected chi connectivity index (χ4v) is 6.06. The van der Waals surface area contributed by atoms with E-state index < -0.39 is 5.97 Å². The number of carbonyl (C=O) groups is 2. The van der Waals surface area contributed by atoms with E-state index in [1.165, 1.54) is 5.57 Å². The van der Waals surface area contributed by atoms with Crippen molar-refractivity contribution >= 4 is 17.6 Å². The number of likely N-dealkylation sites (tertiary alicyclic amines) is 1. The lowest BCUT2D eigenvalue weighted by Crippen LogP contribution is -2.40. The standard InChI is InChI=1S/C33H41N3O3/c1-23-14-16-24(17-15-23)27-11-7-8-20-36(22-27)33(39)26-18-19-28-30(21-26)34-29(12-5-6-13-31(37)38)32(35-28)25-9-3-2-4-10-25/h2-4,9-10,14,16-17,19,21,23,26-27,34-35H,5-8,11-13,15,18,20,22H2,1H3,(H,37,38). The molecule has 5 rings (SSSR count). The number of aliphatic carboxylic acids is 1. The van der Waals surface area contributed by atoms with Gasteiger partial charge in [-0.25, -0.2) is 0 Å². The molecule has 2 aliphatic carbocycles. The number of nitrogens with one attached hydrogen (secondary N) is 2. The number of nitrogens with zero attached hydrogens (tertiary/aromatic N) is 1. The van der Waals surface area contributed by atoms with Crippen LogP contribution in [0.25, 0.3) is 5.70 Å². The van der Waals surface area contributed by atoms with Crippen LogP contribution in [0.1, 0.15) is 70.3 Å². The van der Waals surface area contributed by atoms with E-state index in [-0.39, 0.29) is 18.2 Å². The van der Waals surface area contributed by atoms with E-state index in [9.17, 15) is 9.59 Å². The van der Waals surface area contributed by atoms with E-state index in [2.05, 4.69) is 65.0 Å². The summed E-state index contributed by atoms with van der Waals surface area (Å²) in [5.74, 6) is 0.304. The van der Waals surface area contributed by atoms with Gasteiger partial charge in [0.05, 0.1) is 23.0 Å². The molecule has 0 aromatic heterocycles. The van der Waals surface area contributed by atoms with E-state index in [0.29, 0.717) is 24.7 Å². The fraction of sp³-hybridized carbons (Fsp3) is 0.455. The molecule has 1 aromatic rings. The van der Waals surface area contributed by atoms with Crippen molar-refractivity contribution in [3.63, 3.8) is 0 Å². The van der Waals surface area contributed by atoms with Crippen molar-refractivity contribution in [2.24, 2.45) is 17.8 Å². The Balaban J connectivity index is 1.31. The van der Waals surface area contributed by atoms with Gasteiger partial charge in [0.1, 0.15) is 0 Å². The Morgan fingerprint density at radius 2 is 1.87 bits per heavy atom. The van der Waals surface area contributed by atoms with Crippen molar-refractivity contribution in [2.45, 2.75) is 64.7 Å². The van der Waals surface area contributed by atoms with Crippen LogP contribution >= 0.6 is 0 Å². The third kappa shape index (κ3) is 6.73. The Hall–Kier alpha value is -3.54. The summed E-state index contributed by atoms with van der Waals surface area (Å²) in [7, 11) is 0. The van der Waals surface area contributed by atoms with Gasteiger partial charge < -0.3 is 20.6 Å². The van der Waals surface area contributed by atoms with Crippen molar-refractivity contribution in [3.8, 4) is 0 Å². The third-order valence-corrected chi connectivity index (χ3v) is 8.33. The lowest BCUT2D eigenvalue weighted by Gasteiger charge is -2.34. The first-order chi connectivity index (χ1) is 19.0. The first-order valence-electron chi connectivity index (χ1n) is 14.6. The molecular weight excluding hydrogens is 486 g/mol. The van der Waals surface area contributed by atoms with Crippen LogP contribution < -0.4 is 10.6 Å². The van der Waals surface area contributed by atoms with E-state index in [4.69, 9.17) is 5.11 Å². The van der Waals surface area contributed by atoms with Crippen LogP contribution in [0.5, 0.6) is 0 Å². The van der Waals surface area contributed by atoms with Crippen LogP contribution in [0.2, 0.25) is 0 Å². The van der Waals surface area contributed by atoms with Crippen molar-refractivity contribution in [1.82, 2.24) is 15.5 Å². The van der Waals surface area contributed by atoms with Crippen molar-refractivity contribution in [2.75, 3.05) is 13.1 Å². The second-order valence-corrected chi connectivity index (χ2v) is 11.4. The van der Waals surface area contributed by atoms with Gasteiger partial charge in [-0.15, -0.1) is 0 Å². The lowest BCUT2D eigenvalue weighted by atomic mass is 9.87. The predicted octanol–water partition coefficient (Wildman–Crippen LogP) is 6.13. The van der Waals surface area contributed by atoms with Crippen molar-refractivity contribution in [1.29, 1.82) is 0 Å². The molecule has 3 N–H and O–H groups in total. The van der Waals surface area contributed by atoms with Gasteiger partial charge >= 0.3 is 5.97 Å². The van der Waals surface area contributed by atoms with Crippen LogP contribution in [0, 0.1) is 17.8 Å². The molecule has 6 nitrogen and oxygen atoms in total. The number of carbonyl (C=O) groups excluding carboxylic acids is 1. The lowest BCUT2D eigenvalue weighted by molar-refractivity contribution is -0.137. The number of amides is 1. The summed E-state index contributed by atoms with van der Waals surface area (Å²) in [5, 5.41) is 16.3. The molecule has 2 heterocycles. The highest BCUT2D eigenvalue weighted by Gasteiger charge is 2.31. The first-order valence-corrected chi connectivity index (χ1v) is 14.6. The molecular formula is C33H41N3O3. The number of carboxylic acid groups (broad SMARTS) is 1. The van der Waals surface area contributed by atoms with Crippen LogP contribution in [-0.4, -0.2) is 35.0 Å². The smallest absolute Gasteiger partial charge is 0.303 e. The van der Waals surface area contributed by atoms with Crippen molar-refractivity contribution in [3.05, 3.63) is 88.9 Å². The van der Waals surface area contributed by atoms with E-state index in [1.54, 1.807) is 0 Å². The molecule has 1 fully saturated rings. The molecule has 4 aliphatic rings. The molecule has 0 radical (unpaired) electrons. The Labute approximate surface area is 232 Å². The summed E-state index contributed by atoms with van der Waals surface area (Å²) in [6.45, 7) is 3.88. The molecule has 3 unspecified atom stereocenters. The second-order valence-electron chi connectivity index (χ2n) is 11.4. The largest absolute Gasteiger partial charge is 0.481 e. The van der Waals surface area contributed by atoms with Gasteiger partial charge in [-0.05, 0) is 68.1 Å². The quantitative estimate of drug-likeness (QED) is 0.354. The van der Waals surface area contributed by atoms with Gasteiger partial charge in [-0.2, -0.15) is 0 Å². The SMILES string of the molecule is CC1C=CC(C2CCCCN(C(=O)C3C=C4NC(CCCCC(=O)O)=C(c5ccccc5)NC4=CC3)C2)=CC1. The molecule has 0 bridgehead atoms. The zero-order valence-corrected chi connectivity index (χ0v) is 23.0. The van der Waals surface area contributed by atoms with Gasteiger partial charge in [0.25, 0.3) is 0 Å². The Bertz CT molecular complexity index is 1220. The number of unbranched alkanes of at least 4 members (excludes halogenated alkanes) is 1. The average Bonchev–Trinajstić information content (AvgIpc) is 3.21. The Morgan fingerprint density at radius 1 is 1.03 bits per heavy atom. The number of fused-ring (bicyclic) bond motifs is 1. The number of allylic oxidation sites excluding steroid dienone is 5. The van der Waals surface area contributed by atoms with Crippen molar-refractivity contribution < 1.29 is 14.7 Å². The number of hydrogen-bond donors (Lipinski definition) is 3. The van der Waals surface area contributed by atoms with Gasteiger partial charge in [-0.3, -0.25) is 9.59 Å². The minimum Gasteiger partial charge on any atom is -0.481 e. The molecule has 3 atom stereocenters. The number of hydrogen-bond acceptors (Lipinski definition) is 4. The number of benzene rings is 1. The highest BCUT2D eigenvalue weighted by Crippen LogP contribution is 2.33. The minimum absolute atomic E-state index is 0.175. The van der Waals surface area contributed by atoms with Gasteiger partial charge in [0.2, 0.25) is 5.91 Å². The van der Waals surface area contributed by atoms with Gasteiger partial charge in [0, 0.05) is 31.1 Å².